The van der Waals surface area contributed by atoms with Crippen LogP contribution < -0.4 is 10.6 Å². The lowest BCUT2D eigenvalue weighted by atomic mass is 10.1. The maximum atomic E-state index is 12.0. The average molecular weight is 444 g/mol. The number of carboxylic acids is 1. The van der Waals surface area contributed by atoms with Crippen LogP contribution in [0.15, 0.2) is 67.0 Å². The minimum atomic E-state index is -0.900. The van der Waals surface area contributed by atoms with E-state index in [0.29, 0.717) is 12.1 Å². The third kappa shape index (κ3) is 5.54. The van der Waals surface area contributed by atoms with Gasteiger partial charge in [0.05, 0.1) is 5.39 Å². The summed E-state index contributed by atoms with van der Waals surface area (Å²) in [6.45, 7) is 2.09. The van der Waals surface area contributed by atoms with Crippen molar-refractivity contribution in [3.05, 3.63) is 72.6 Å². The summed E-state index contributed by atoms with van der Waals surface area (Å²) in [4.78, 5) is 34.7. The second kappa shape index (κ2) is 9.95. The Morgan fingerprint density at radius 2 is 1.79 bits per heavy atom. The molecule has 0 bridgehead atoms. The van der Waals surface area contributed by atoms with Crippen LogP contribution in [0.5, 0.6) is 0 Å². The van der Waals surface area contributed by atoms with Crippen molar-refractivity contribution in [3.63, 3.8) is 0 Å². The molecule has 4 aromatic rings. The molecule has 2 heterocycles. The molecule has 2 aromatic carbocycles. The summed E-state index contributed by atoms with van der Waals surface area (Å²) in [7, 11) is 0. The molecule has 1 atom stereocenters. The molecule has 0 aliphatic heterocycles. The molecule has 168 valence electrons. The second-order valence-corrected chi connectivity index (χ2v) is 7.82. The van der Waals surface area contributed by atoms with Gasteiger partial charge in [-0.1, -0.05) is 42.5 Å². The number of hydrogen-bond donors (Lipinski definition) is 4. The minimum absolute atomic E-state index is 0.0173. The largest absolute Gasteiger partial charge is 0.481 e. The quantitative estimate of drug-likeness (QED) is 0.289. The molecular weight excluding hydrogens is 418 g/mol. The SMILES string of the molecule is CC(Nc1ncnc2[nH]c(-c3ccc(NC(=O)CCCC(=O)O)cc3)cc12)c1ccccc1. The number of benzene rings is 2. The van der Waals surface area contributed by atoms with Crippen molar-refractivity contribution in [1.82, 2.24) is 15.0 Å². The van der Waals surface area contributed by atoms with Crippen molar-refractivity contribution in [2.24, 2.45) is 0 Å². The molecule has 4 N–H and O–H groups in total. The molecule has 1 amide bonds. The Bertz CT molecular complexity index is 1250. The molecule has 0 aliphatic rings. The first-order valence-electron chi connectivity index (χ1n) is 10.8. The van der Waals surface area contributed by atoms with Crippen LogP contribution in [0.1, 0.15) is 37.8 Å². The summed E-state index contributed by atoms with van der Waals surface area (Å²) in [5.74, 6) is -0.347. The Morgan fingerprint density at radius 1 is 1.03 bits per heavy atom. The zero-order valence-electron chi connectivity index (χ0n) is 18.2. The summed E-state index contributed by atoms with van der Waals surface area (Å²) >= 11 is 0. The molecule has 0 aliphatic carbocycles. The lowest BCUT2D eigenvalue weighted by Gasteiger charge is -2.15. The maximum Gasteiger partial charge on any atom is 0.303 e. The van der Waals surface area contributed by atoms with Crippen LogP contribution in [-0.2, 0) is 9.59 Å². The number of aromatic nitrogens is 3. The standard InChI is InChI=1S/C25H25N5O3/c1-16(17-6-3-2-4-7-17)28-24-20-14-21(30-25(20)27-15-26-24)18-10-12-19(13-11-18)29-22(31)8-5-9-23(32)33/h2-4,6-7,10-16H,5,8-9H2,1H3,(H,29,31)(H,32,33)(H2,26,27,28,30). The number of hydrogen-bond acceptors (Lipinski definition) is 5. The van der Waals surface area contributed by atoms with E-state index in [-0.39, 0.29) is 24.8 Å². The van der Waals surface area contributed by atoms with Crippen molar-refractivity contribution < 1.29 is 14.7 Å². The normalized spacial score (nSPS) is 11.8. The van der Waals surface area contributed by atoms with Gasteiger partial charge in [0.2, 0.25) is 5.91 Å². The summed E-state index contributed by atoms with van der Waals surface area (Å²) in [5.41, 5.74) is 4.40. The number of nitrogens with zero attached hydrogens (tertiary/aromatic N) is 2. The van der Waals surface area contributed by atoms with Crippen molar-refractivity contribution in [1.29, 1.82) is 0 Å². The first-order chi connectivity index (χ1) is 16.0. The van der Waals surface area contributed by atoms with E-state index < -0.39 is 5.97 Å². The summed E-state index contributed by atoms with van der Waals surface area (Å²) in [6.07, 6.45) is 2.00. The summed E-state index contributed by atoms with van der Waals surface area (Å²) in [6, 6.07) is 19.7. The summed E-state index contributed by atoms with van der Waals surface area (Å²) < 4.78 is 0. The molecule has 1 unspecified atom stereocenters. The topological polar surface area (TPSA) is 120 Å². The Balaban J connectivity index is 1.47. The fraction of sp³-hybridized carbons (Fsp3) is 0.200. The van der Waals surface area contributed by atoms with Gasteiger partial charge in [-0.2, -0.15) is 0 Å². The molecule has 0 spiro atoms. The molecule has 0 saturated heterocycles. The van der Waals surface area contributed by atoms with Gasteiger partial charge in [-0.05, 0) is 42.7 Å². The predicted octanol–water partition coefficient (Wildman–Crippen LogP) is 4.99. The van der Waals surface area contributed by atoms with E-state index in [1.165, 1.54) is 11.9 Å². The van der Waals surface area contributed by atoms with Crippen molar-refractivity contribution in [2.75, 3.05) is 10.6 Å². The highest BCUT2D eigenvalue weighted by molar-refractivity contribution is 5.93. The highest BCUT2D eigenvalue weighted by Crippen LogP contribution is 2.29. The minimum Gasteiger partial charge on any atom is -0.481 e. The third-order valence-electron chi connectivity index (χ3n) is 5.35. The van der Waals surface area contributed by atoms with Crippen LogP contribution in [0.3, 0.4) is 0 Å². The molecule has 4 rings (SSSR count). The number of carboxylic acid groups (broad SMARTS) is 1. The van der Waals surface area contributed by atoms with Crippen molar-refractivity contribution in [2.45, 2.75) is 32.2 Å². The van der Waals surface area contributed by atoms with Crippen LogP contribution >= 0.6 is 0 Å². The number of nitrogens with one attached hydrogen (secondary N) is 3. The molecule has 0 fully saturated rings. The van der Waals surface area contributed by atoms with Gasteiger partial charge in [-0.15, -0.1) is 0 Å². The van der Waals surface area contributed by atoms with Crippen LogP contribution in [0, 0.1) is 0 Å². The monoisotopic (exact) mass is 443 g/mol. The van der Waals surface area contributed by atoms with E-state index in [2.05, 4.69) is 44.6 Å². The molecular formula is C25H25N5O3. The van der Waals surface area contributed by atoms with Gasteiger partial charge in [0.15, 0.2) is 0 Å². The zero-order valence-corrected chi connectivity index (χ0v) is 18.2. The number of aliphatic carboxylic acids is 1. The van der Waals surface area contributed by atoms with E-state index >= 15 is 0 Å². The van der Waals surface area contributed by atoms with Gasteiger partial charge in [-0.3, -0.25) is 9.59 Å². The zero-order chi connectivity index (χ0) is 23.2. The van der Waals surface area contributed by atoms with Crippen LogP contribution in [0.4, 0.5) is 11.5 Å². The molecule has 8 nitrogen and oxygen atoms in total. The highest BCUT2D eigenvalue weighted by Gasteiger charge is 2.13. The van der Waals surface area contributed by atoms with Crippen LogP contribution in [0.25, 0.3) is 22.3 Å². The Morgan fingerprint density at radius 3 is 2.52 bits per heavy atom. The number of aromatic amines is 1. The number of amides is 1. The highest BCUT2D eigenvalue weighted by atomic mass is 16.4. The first-order valence-corrected chi connectivity index (χ1v) is 10.8. The second-order valence-electron chi connectivity index (χ2n) is 7.82. The van der Waals surface area contributed by atoms with E-state index in [9.17, 15) is 9.59 Å². The number of fused-ring (bicyclic) bond motifs is 1. The molecule has 0 radical (unpaired) electrons. The van der Waals surface area contributed by atoms with Crippen LogP contribution in [0.2, 0.25) is 0 Å². The molecule has 2 aromatic heterocycles. The van der Waals surface area contributed by atoms with Gasteiger partial charge in [0.25, 0.3) is 0 Å². The van der Waals surface area contributed by atoms with E-state index in [1.54, 1.807) is 0 Å². The number of H-pyrrole nitrogens is 1. The van der Waals surface area contributed by atoms with Gasteiger partial charge in [0, 0.05) is 30.3 Å². The third-order valence-corrected chi connectivity index (χ3v) is 5.35. The van der Waals surface area contributed by atoms with Gasteiger partial charge in [-0.25, -0.2) is 9.97 Å². The van der Waals surface area contributed by atoms with Gasteiger partial charge < -0.3 is 20.7 Å². The fourth-order valence-electron chi connectivity index (χ4n) is 3.60. The Labute approximate surface area is 191 Å². The van der Waals surface area contributed by atoms with E-state index in [1.807, 2.05) is 48.5 Å². The molecule has 8 heteroatoms. The number of anilines is 2. The van der Waals surface area contributed by atoms with Crippen molar-refractivity contribution in [3.8, 4) is 11.3 Å². The fourth-order valence-corrected chi connectivity index (χ4v) is 3.60. The van der Waals surface area contributed by atoms with Crippen LogP contribution in [-0.4, -0.2) is 31.9 Å². The number of rotatable bonds is 9. The van der Waals surface area contributed by atoms with E-state index in [4.69, 9.17) is 5.11 Å². The van der Waals surface area contributed by atoms with E-state index in [0.717, 1.165) is 28.1 Å². The van der Waals surface area contributed by atoms with Gasteiger partial charge in [0.1, 0.15) is 17.8 Å². The molecule has 33 heavy (non-hydrogen) atoms. The predicted molar refractivity (Wildman–Crippen MR) is 128 cm³/mol. The summed E-state index contributed by atoms with van der Waals surface area (Å²) in [5, 5.41) is 15.8. The Hall–Kier alpha value is -4.20. The molecule has 0 saturated carbocycles. The number of carbonyl (C=O) groups excluding carboxylic acids is 1. The number of carbonyl (C=O) groups is 2. The lowest BCUT2D eigenvalue weighted by molar-refractivity contribution is -0.137. The first kappa shape index (κ1) is 22.0. The van der Waals surface area contributed by atoms with Gasteiger partial charge >= 0.3 is 5.97 Å². The smallest absolute Gasteiger partial charge is 0.303 e. The average Bonchev–Trinajstić information content (AvgIpc) is 3.25. The lowest BCUT2D eigenvalue weighted by Crippen LogP contribution is -2.11. The maximum absolute atomic E-state index is 12.0. The van der Waals surface area contributed by atoms with Crippen molar-refractivity contribution >= 4 is 34.4 Å². The Kier molecular flexibility index (Phi) is 6.64.